The minimum absolute atomic E-state index is 0.407. The number of primary amides is 1. The highest BCUT2D eigenvalue weighted by molar-refractivity contribution is 5.85. The fourth-order valence-electron chi connectivity index (χ4n) is 1.33. The van der Waals surface area contributed by atoms with Crippen molar-refractivity contribution in [1.29, 1.82) is 0 Å². The fraction of sp³-hybridized carbons (Fsp3) is 0.364. The van der Waals surface area contributed by atoms with Crippen molar-refractivity contribution in [1.82, 2.24) is 5.32 Å². The Morgan fingerprint density at radius 3 is 2.27 bits per heavy atom. The van der Waals surface area contributed by atoms with Crippen LogP contribution in [0, 0.1) is 0 Å². The number of ether oxygens (including phenoxy) is 1. The van der Waals surface area contributed by atoms with E-state index < -0.39 is 11.4 Å². The van der Waals surface area contributed by atoms with Crippen LogP contribution in [0.4, 0.5) is 0 Å². The number of methoxy groups -OCH3 is 1. The molecule has 0 saturated heterocycles. The first-order valence-electron chi connectivity index (χ1n) is 4.68. The molecule has 3 N–H and O–H groups in total. The average Bonchev–Trinajstić information content (AvgIpc) is 2.28. The van der Waals surface area contributed by atoms with Crippen molar-refractivity contribution in [2.24, 2.45) is 5.73 Å². The van der Waals surface area contributed by atoms with Gasteiger partial charge in [0, 0.05) is 0 Å². The SMILES string of the molecule is CNC(C)(C(N)=O)c1ccc(OC)cc1. The largest absolute Gasteiger partial charge is 0.497 e. The van der Waals surface area contributed by atoms with Gasteiger partial charge in [-0.25, -0.2) is 0 Å². The molecule has 0 fully saturated rings. The Kier molecular flexibility index (Phi) is 3.31. The first kappa shape index (κ1) is 11.5. The Bertz CT molecular complexity index is 348. The second-order valence-electron chi connectivity index (χ2n) is 3.47. The van der Waals surface area contributed by atoms with Gasteiger partial charge in [0.25, 0.3) is 0 Å². The summed E-state index contributed by atoms with van der Waals surface area (Å²) in [5, 5.41) is 2.92. The lowest BCUT2D eigenvalue weighted by Crippen LogP contribution is -2.48. The molecule has 0 spiro atoms. The van der Waals surface area contributed by atoms with Crippen LogP contribution in [-0.4, -0.2) is 20.1 Å². The van der Waals surface area contributed by atoms with E-state index >= 15 is 0 Å². The van der Waals surface area contributed by atoms with Crippen molar-refractivity contribution in [3.8, 4) is 5.75 Å². The number of amides is 1. The molecule has 1 unspecified atom stereocenters. The molecule has 0 aliphatic heterocycles. The molecule has 1 atom stereocenters. The van der Waals surface area contributed by atoms with E-state index in [0.717, 1.165) is 11.3 Å². The summed E-state index contributed by atoms with van der Waals surface area (Å²) in [5.41, 5.74) is 5.33. The zero-order valence-electron chi connectivity index (χ0n) is 9.20. The number of likely N-dealkylation sites (N-methyl/N-ethyl adjacent to an activating group) is 1. The minimum atomic E-state index is -0.841. The van der Waals surface area contributed by atoms with Gasteiger partial charge in [0.15, 0.2) is 0 Å². The number of nitrogens with one attached hydrogen (secondary N) is 1. The molecular formula is C11H16N2O2. The van der Waals surface area contributed by atoms with Crippen LogP contribution >= 0.6 is 0 Å². The molecule has 0 saturated carbocycles. The van der Waals surface area contributed by atoms with Gasteiger partial charge in [-0.2, -0.15) is 0 Å². The number of carbonyl (C=O) groups is 1. The Hall–Kier alpha value is -1.55. The van der Waals surface area contributed by atoms with Crippen LogP contribution in [0.1, 0.15) is 12.5 Å². The van der Waals surface area contributed by atoms with Gasteiger partial charge in [-0.1, -0.05) is 12.1 Å². The molecule has 1 rings (SSSR count). The first-order valence-corrected chi connectivity index (χ1v) is 4.68. The second kappa shape index (κ2) is 4.31. The maximum atomic E-state index is 11.3. The Morgan fingerprint density at radius 2 is 1.93 bits per heavy atom. The molecule has 15 heavy (non-hydrogen) atoms. The van der Waals surface area contributed by atoms with Crippen molar-refractivity contribution in [2.75, 3.05) is 14.2 Å². The molecule has 0 aromatic heterocycles. The normalized spacial score (nSPS) is 14.3. The van der Waals surface area contributed by atoms with Gasteiger partial charge in [-0.3, -0.25) is 4.79 Å². The first-order chi connectivity index (χ1) is 7.04. The number of hydrogen-bond acceptors (Lipinski definition) is 3. The molecule has 0 aliphatic rings. The van der Waals surface area contributed by atoms with E-state index in [1.54, 1.807) is 33.2 Å². The highest BCUT2D eigenvalue weighted by Crippen LogP contribution is 2.22. The zero-order chi connectivity index (χ0) is 11.5. The van der Waals surface area contributed by atoms with Crippen LogP contribution in [0.2, 0.25) is 0 Å². The maximum absolute atomic E-state index is 11.3. The van der Waals surface area contributed by atoms with Crippen molar-refractivity contribution in [3.63, 3.8) is 0 Å². The third kappa shape index (κ3) is 2.10. The number of hydrogen-bond donors (Lipinski definition) is 2. The van der Waals surface area contributed by atoms with Crippen LogP contribution in [0.5, 0.6) is 5.75 Å². The van der Waals surface area contributed by atoms with Crippen molar-refractivity contribution >= 4 is 5.91 Å². The van der Waals surface area contributed by atoms with Crippen LogP contribution in [0.25, 0.3) is 0 Å². The van der Waals surface area contributed by atoms with E-state index in [1.165, 1.54) is 0 Å². The van der Waals surface area contributed by atoms with Gasteiger partial charge in [-0.05, 0) is 31.7 Å². The Balaban J connectivity index is 3.08. The third-order valence-corrected chi connectivity index (χ3v) is 2.66. The molecule has 0 heterocycles. The minimum Gasteiger partial charge on any atom is -0.497 e. The van der Waals surface area contributed by atoms with Crippen LogP contribution < -0.4 is 15.8 Å². The molecule has 4 nitrogen and oxygen atoms in total. The second-order valence-corrected chi connectivity index (χ2v) is 3.47. The number of carbonyl (C=O) groups excluding carboxylic acids is 1. The van der Waals surface area contributed by atoms with E-state index in [9.17, 15) is 4.79 Å². The van der Waals surface area contributed by atoms with Gasteiger partial charge in [-0.15, -0.1) is 0 Å². The molecule has 4 heteroatoms. The van der Waals surface area contributed by atoms with Gasteiger partial charge in [0.2, 0.25) is 5.91 Å². The summed E-state index contributed by atoms with van der Waals surface area (Å²) >= 11 is 0. The predicted octanol–water partition coefficient (Wildman–Crippen LogP) is 0.615. The summed E-state index contributed by atoms with van der Waals surface area (Å²) in [6, 6.07) is 7.24. The van der Waals surface area contributed by atoms with Gasteiger partial charge < -0.3 is 15.8 Å². The number of rotatable bonds is 4. The third-order valence-electron chi connectivity index (χ3n) is 2.66. The summed E-state index contributed by atoms with van der Waals surface area (Å²) in [4.78, 5) is 11.3. The van der Waals surface area contributed by atoms with E-state index in [4.69, 9.17) is 10.5 Å². The Morgan fingerprint density at radius 1 is 1.40 bits per heavy atom. The van der Waals surface area contributed by atoms with E-state index in [-0.39, 0.29) is 0 Å². The molecule has 0 radical (unpaired) electrons. The Labute approximate surface area is 89.4 Å². The lowest BCUT2D eigenvalue weighted by Gasteiger charge is -2.26. The van der Waals surface area contributed by atoms with Crippen LogP contribution in [0.15, 0.2) is 24.3 Å². The van der Waals surface area contributed by atoms with Gasteiger partial charge in [0.1, 0.15) is 11.3 Å². The van der Waals surface area contributed by atoms with Gasteiger partial charge >= 0.3 is 0 Å². The summed E-state index contributed by atoms with van der Waals surface area (Å²) in [5.74, 6) is 0.344. The lowest BCUT2D eigenvalue weighted by atomic mass is 9.91. The summed E-state index contributed by atoms with van der Waals surface area (Å²) < 4.78 is 5.04. The van der Waals surface area contributed by atoms with Crippen molar-refractivity contribution < 1.29 is 9.53 Å². The summed E-state index contributed by atoms with van der Waals surface area (Å²) in [7, 11) is 3.30. The quantitative estimate of drug-likeness (QED) is 0.762. The molecule has 82 valence electrons. The average molecular weight is 208 g/mol. The van der Waals surface area contributed by atoms with E-state index in [2.05, 4.69) is 5.32 Å². The van der Waals surface area contributed by atoms with Gasteiger partial charge in [0.05, 0.1) is 7.11 Å². The monoisotopic (exact) mass is 208 g/mol. The van der Waals surface area contributed by atoms with Crippen LogP contribution in [0.3, 0.4) is 0 Å². The van der Waals surface area contributed by atoms with Crippen LogP contribution in [-0.2, 0) is 10.3 Å². The summed E-state index contributed by atoms with van der Waals surface area (Å²) in [6.07, 6.45) is 0. The predicted molar refractivity (Wildman–Crippen MR) is 58.6 cm³/mol. The van der Waals surface area contributed by atoms with E-state index in [1.807, 2.05) is 12.1 Å². The molecule has 1 aromatic rings. The number of benzene rings is 1. The number of nitrogens with two attached hydrogens (primary N) is 1. The molecule has 0 aliphatic carbocycles. The van der Waals surface area contributed by atoms with Crippen molar-refractivity contribution in [2.45, 2.75) is 12.5 Å². The highest BCUT2D eigenvalue weighted by atomic mass is 16.5. The zero-order valence-corrected chi connectivity index (χ0v) is 9.20. The molecule has 1 amide bonds. The lowest BCUT2D eigenvalue weighted by molar-refractivity contribution is -0.123. The molecule has 1 aromatic carbocycles. The maximum Gasteiger partial charge on any atom is 0.242 e. The highest BCUT2D eigenvalue weighted by Gasteiger charge is 2.30. The standard InChI is InChI=1S/C11H16N2O2/c1-11(13-2,10(12)14)8-4-6-9(15-3)7-5-8/h4-7,13H,1-3H3,(H2,12,14). The van der Waals surface area contributed by atoms with Crippen molar-refractivity contribution in [3.05, 3.63) is 29.8 Å². The van der Waals surface area contributed by atoms with E-state index in [0.29, 0.717) is 0 Å². The smallest absolute Gasteiger partial charge is 0.242 e. The fourth-order valence-corrected chi connectivity index (χ4v) is 1.33. The molecule has 0 bridgehead atoms. The topological polar surface area (TPSA) is 64.3 Å². The summed E-state index contributed by atoms with van der Waals surface area (Å²) in [6.45, 7) is 1.75. The molecular weight excluding hydrogens is 192 g/mol.